The second-order valence-electron chi connectivity index (χ2n) is 7.32. The Balaban J connectivity index is 1.64. The maximum atomic E-state index is 14.2. The number of hydrogen-bond acceptors (Lipinski definition) is 4. The molecule has 3 aromatic rings. The number of ether oxygens (including phenoxy) is 1. The molecule has 5 rings (SSSR count). The third kappa shape index (κ3) is 3.46. The fourth-order valence-electron chi connectivity index (χ4n) is 4.02. The first-order valence-electron chi connectivity index (χ1n) is 9.75. The van der Waals surface area contributed by atoms with Crippen molar-refractivity contribution in [2.45, 2.75) is 31.7 Å². The molecule has 148 valence electrons. The molecule has 2 aromatic carbocycles. The van der Waals surface area contributed by atoms with E-state index in [2.05, 4.69) is 20.3 Å². The Bertz CT molecular complexity index is 1140. The summed E-state index contributed by atoms with van der Waals surface area (Å²) in [6.07, 6.45) is 4.53. The third-order valence-electron chi connectivity index (χ3n) is 5.41. The number of nitrogens with one attached hydrogen (secondary N) is 1. The Morgan fingerprint density at radius 3 is 2.83 bits per heavy atom. The molecule has 1 aliphatic heterocycles. The van der Waals surface area contributed by atoms with Crippen molar-refractivity contribution < 1.29 is 13.9 Å². The first-order chi connectivity index (χ1) is 14.2. The van der Waals surface area contributed by atoms with E-state index in [9.17, 15) is 9.18 Å². The molecule has 5 nitrogen and oxygen atoms in total. The summed E-state index contributed by atoms with van der Waals surface area (Å²) in [6.45, 7) is 0.0402. The SMILES string of the molecule is O=C1COc2ccc(-c3csc(=Nc4ccccc4F)n3C3CCCC3)cc2N1. The van der Waals surface area contributed by atoms with Crippen molar-refractivity contribution in [3.8, 4) is 17.0 Å². The minimum Gasteiger partial charge on any atom is -0.482 e. The van der Waals surface area contributed by atoms with Crippen LogP contribution >= 0.6 is 11.3 Å². The summed E-state index contributed by atoms with van der Waals surface area (Å²) in [5, 5.41) is 4.93. The van der Waals surface area contributed by atoms with Gasteiger partial charge in [0.15, 0.2) is 11.4 Å². The van der Waals surface area contributed by atoms with Gasteiger partial charge >= 0.3 is 0 Å². The van der Waals surface area contributed by atoms with Gasteiger partial charge in [-0.05, 0) is 43.2 Å². The Kier molecular flexibility index (Phi) is 4.67. The Morgan fingerprint density at radius 1 is 1.17 bits per heavy atom. The molecule has 29 heavy (non-hydrogen) atoms. The molecule has 1 saturated carbocycles. The molecule has 0 spiro atoms. The summed E-state index contributed by atoms with van der Waals surface area (Å²) < 4.78 is 21.9. The predicted octanol–water partition coefficient (Wildman–Crippen LogP) is 5.03. The van der Waals surface area contributed by atoms with Crippen LogP contribution in [0.5, 0.6) is 5.75 Å². The number of rotatable bonds is 3. The Morgan fingerprint density at radius 2 is 2.00 bits per heavy atom. The molecule has 2 heterocycles. The number of aromatic nitrogens is 1. The van der Waals surface area contributed by atoms with Crippen LogP contribution in [-0.2, 0) is 4.79 Å². The van der Waals surface area contributed by atoms with Gasteiger partial charge in [0.25, 0.3) is 5.91 Å². The normalized spacial score (nSPS) is 17.1. The number of carbonyl (C=O) groups excluding carboxylic acids is 1. The molecule has 0 atom stereocenters. The van der Waals surface area contributed by atoms with Crippen LogP contribution in [0.3, 0.4) is 0 Å². The molecule has 1 aromatic heterocycles. The standard InChI is InChI=1S/C22H20FN3O2S/c23-16-7-3-4-8-17(16)25-22-26(15-5-1-2-6-15)19(13-29-22)14-9-10-20-18(11-14)24-21(27)12-28-20/h3-4,7-11,13,15H,1-2,5-6,12H2,(H,24,27). The fraction of sp³-hybridized carbons (Fsp3) is 0.273. The summed E-state index contributed by atoms with van der Waals surface area (Å²) in [6, 6.07) is 12.7. The monoisotopic (exact) mass is 409 g/mol. The number of para-hydroxylation sites is 1. The Hall–Kier alpha value is -2.93. The highest BCUT2D eigenvalue weighted by atomic mass is 32.1. The van der Waals surface area contributed by atoms with Gasteiger partial charge in [0.2, 0.25) is 0 Å². The number of amides is 1. The van der Waals surface area contributed by atoms with Crippen molar-refractivity contribution in [1.82, 2.24) is 4.57 Å². The van der Waals surface area contributed by atoms with Gasteiger partial charge in [0.05, 0.1) is 11.4 Å². The minimum atomic E-state index is -0.325. The number of nitrogens with zero attached hydrogens (tertiary/aromatic N) is 2. The van der Waals surface area contributed by atoms with Crippen LogP contribution in [0.15, 0.2) is 52.8 Å². The molecule has 7 heteroatoms. The van der Waals surface area contributed by atoms with Crippen molar-refractivity contribution >= 4 is 28.6 Å². The summed E-state index contributed by atoms with van der Waals surface area (Å²) in [7, 11) is 0. The quantitative estimate of drug-likeness (QED) is 0.659. The molecule has 0 saturated heterocycles. The molecule has 1 fully saturated rings. The number of thiazole rings is 1. The number of anilines is 1. The van der Waals surface area contributed by atoms with E-state index in [4.69, 9.17) is 4.74 Å². The zero-order valence-corrected chi connectivity index (χ0v) is 16.5. The Labute approximate surface area is 171 Å². The van der Waals surface area contributed by atoms with Crippen LogP contribution in [0.2, 0.25) is 0 Å². The molecular formula is C22H20FN3O2S. The maximum Gasteiger partial charge on any atom is 0.262 e. The maximum absolute atomic E-state index is 14.2. The van der Waals surface area contributed by atoms with Gasteiger partial charge in [0, 0.05) is 17.0 Å². The van der Waals surface area contributed by atoms with Gasteiger partial charge in [-0.1, -0.05) is 25.0 Å². The van der Waals surface area contributed by atoms with E-state index < -0.39 is 0 Å². The molecule has 1 aliphatic carbocycles. The molecular weight excluding hydrogens is 389 g/mol. The van der Waals surface area contributed by atoms with E-state index in [0.717, 1.165) is 28.9 Å². The first-order valence-corrected chi connectivity index (χ1v) is 10.6. The van der Waals surface area contributed by atoms with Gasteiger partial charge < -0.3 is 14.6 Å². The zero-order valence-electron chi connectivity index (χ0n) is 15.7. The number of fused-ring (bicyclic) bond motifs is 1. The largest absolute Gasteiger partial charge is 0.482 e. The average molecular weight is 409 g/mol. The molecule has 1 N–H and O–H groups in total. The van der Waals surface area contributed by atoms with E-state index in [1.807, 2.05) is 18.2 Å². The molecule has 2 aliphatic rings. The number of halogens is 1. The zero-order chi connectivity index (χ0) is 19.8. The summed E-state index contributed by atoms with van der Waals surface area (Å²) in [5.41, 5.74) is 3.03. The van der Waals surface area contributed by atoms with Crippen LogP contribution in [-0.4, -0.2) is 17.1 Å². The topological polar surface area (TPSA) is 55.6 Å². The van der Waals surface area contributed by atoms with Crippen LogP contribution < -0.4 is 14.9 Å². The van der Waals surface area contributed by atoms with E-state index in [0.29, 0.717) is 23.2 Å². The second kappa shape index (κ2) is 7.48. The summed E-state index contributed by atoms with van der Waals surface area (Å²) in [5.74, 6) is 0.195. The molecule has 1 amide bonds. The van der Waals surface area contributed by atoms with Crippen molar-refractivity contribution in [3.05, 3.63) is 58.5 Å². The van der Waals surface area contributed by atoms with Crippen molar-refractivity contribution in [3.63, 3.8) is 0 Å². The third-order valence-corrected chi connectivity index (χ3v) is 6.25. The van der Waals surface area contributed by atoms with Crippen LogP contribution in [0, 0.1) is 5.82 Å². The lowest BCUT2D eigenvalue weighted by Crippen LogP contribution is -2.25. The van der Waals surface area contributed by atoms with E-state index in [-0.39, 0.29) is 18.3 Å². The van der Waals surface area contributed by atoms with Gasteiger partial charge in [-0.25, -0.2) is 9.38 Å². The van der Waals surface area contributed by atoms with E-state index in [1.54, 1.807) is 18.2 Å². The number of benzene rings is 2. The molecule has 0 radical (unpaired) electrons. The van der Waals surface area contributed by atoms with Crippen molar-refractivity contribution in [1.29, 1.82) is 0 Å². The highest BCUT2D eigenvalue weighted by Crippen LogP contribution is 2.37. The number of carbonyl (C=O) groups is 1. The van der Waals surface area contributed by atoms with Crippen LogP contribution in [0.25, 0.3) is 11.3 Å². The van der Waals surface area contributed by atoms with Gasteiger partial charge in [-0.2, -0.15) is 0 Å². The number of hydrogen-bond donors (Lipinski definition) is 1. The second-order valence-corrected chi connectivity index (χ2v) is 8.16. The van der Waals surface area contributed by atoms with Crippen molar-refractivity contribution in [2.75, 3.05) is 11.9 Å². The average Bonchev–Trinajstić information content (AvgIpc) is 3.39. The fourth-order valence-corrected chi connectivity index (χ4v) is 4.99. The van der Waals surface area contributed by atoms with Crippen LogP contribution in [0.4, 0.5) is 15.8 Å². The van der Waals surface area contributed by atoms with Crippen LogP contribution in [0.1, 0.15) is 31.7 Å². The highest BCUT2D eigenvalue weighted by molar-refractivity contribution is 7.07. The summed E-state index contributed by atoms with van der Waals surface area (Å²) >= 11 is 1.51. The lowest BCUT2D eigenvalue weighted by Gasteiger charge is -2.20. The van der Waals surface area contributed by atoms with E-state index >= 15 is 0 Å². The first kappa shape index (κ1) is 18.1. The lowest BCUT2D eigenvalue weighted by molar-refractivity contribution is -0.118. The molecule has 0 bridgehead atoms. The van der Waals surface area contributed by atoms with Gasteiger partial charge in [-0.3, -0.25) is 4.79 Å². The van der Waals surface area contributed by atoms with Gasteiger partial charge in [0.1, 0.15) is 17.3 Å². The smallest absolute Gasteiger partial charge is 0.262 e. The molecule has 0 unspecified atom stereocenters. The van der Waals surface area contributed by atoms with E-state index in [1.165, 1.54) is 30.2 Å². The van der Waals surface area contributed by atoms with Gasteiger partial charge in [-0.15, -0.1) is 11.3 Å². The predicted molar refractivity (Wildman–Crippen MR) is 111 cm³/mol. The lowest BCUT2D eigenvalue weighted by atomic mass is 10.1. The minimum absolute atomic E-state index is 0.0402. The van der Waals surface area contributed by atoms with Crippen molar-refractivity contribution in [2.24, 2.45) is 4.99 Å². The summed E-state index contributed by atoms with van der Waals surface area (Å²) in [4.78, 5) is 17.1. The highest BCUT2D eigenvalue weighted by Gasteiger charge is 2.23.